The van der Waals surface area contributed by atoms with Crippen LogP contribution in [-0.2, 0) is 10.0 Å². The van der Waals surface area contributed by atoms with Crippen molar-refractivity contribution < 1.29 is 17.9 Å². The second-order valence-corrected chi connectivity index (χ2v) is 8.89. The Labute approximate surface area is 189 Å². The van der Waals surface area contributed by atoms with Gasteiger partial charge >= 0.3 is 0 Å². The van der Waals surface area contributed by atoms with Gasteiger partial charge in [0.2, 0.25) is 0 Å². The minimum absolute atomic E-state index is 0.000182. The summed E-state index contributed by atoms with van der Waals surface area (Å²) in [7, 11) is -4.03. The summed E-state index contributed by atoms with van der Waals surface area (Å²) in [4.78, 5) is 12.5. The summed E-state index contributed by atoms with van der Waals surface area (Å²) in [6.07, 6.45) is 1.64. The van der Waals surface area contributed by atoms with Crippen molar-refractivity contribution in [3.63, 3.8) is 0 Å². The molecule has 0 fully saturated rings. The number of aromatic nitrogens is 2. The van der Waals surface area contributed by atoms with Crippen LogP contribution in [0, 0.1) is 0 Å². The fourth-order valence-electron chi connectivity index (χ4n) is 3.07. The first-order chi connectivity index (χ1) is 15.4. The maximum Gasteiger partial charge on any atom is 0.263 e. The highest BCUT2D eigenvalue weighted by atomic mass is 35.5. The molecule has 0 aliphatic rings. The number of nitrogens with one attached hydrogen (secondary N) is 3. The summed E-state index contributed by atoms with van der Waals surface area (Å²) in [6, 6.07) is 15.8. The van der Waals surface area contributed by atoms with Crippen LogP contribution in [0.25, 0.3) is 10.9 Å². The van der Waals surface area contributed by atoms with Crippen LogP contribution in [0.1, 0.15) is 17.3 Å². The zero-order valence-corrected chi connectivity index (χ0v) is 18.5. The number of H-pyrrole nitrogens is 1. The smallest absolute Gasteiger partial charge is 0.263 e. The monoisotopic (exact) mass is 470 g/mol. The van der Waals surface area contributed by atoms with Crippen LogP contribution < -0.4 is 14.8 Å². The Kier molecular flexibility index (Phi) is 6.02. The topological polar surface area (TPSA) is 113 Å². The first-order valence-corrected chi connectivity index (χ1v) is 11.5. The number of hydrogen-bond donors (Lipinski definition) is 3. The van der Waals surface area contributed by atoms with Crippen molar-refractivity contribution in [3.05, 3.63) is 77.4 Å². The van der Waals surface area contributed by atoms with E-state index in [1.165, 1.54) is 18.2 Å². The van der Waals surface area contributed by atoms with E-state index in [1.54, 1.807) is 48.7 Å². The average Bonchev–Trinajstić information content (AvgIpc) is 3.23. The Morgan fingerprint density at radius 3 is 2.56 bits per heavy atom. The molecule has 0 saturated carbocycles. The van der Waals surface area contributed by atoms with Gasteiger partial charge in [-0.2, -0.15) is 5.10 Å². The Bertz CT molecular complexity index is 1380. The standard InChI is InChI=1S/C22H19ClN4O4S/c1-2-31-18-7-4-16(5-8-18)27-32(29,30)21-12-14(3-9-19(21)23)22(28)25-17-6-10-20-15(11-17)13-24-26-20/h3-13,27H,2H2,1H3,(H,24,26)(H,25,28). The van der Waals surface area contributed by atoms with Crippen molar-refractivity contribution in [2.24, 2.45) is 0 Å². The number of amides is 1. The summed E-state index contributed by atoms with van der Waals surface area (Å²) in [6.45, 7) is 2.36. The van der Waals surface area contributed by atoms with Gasteiger partial charge in [0.1, 0.15) is 10.6 Å². The molecule has 4 aromatic rings. The van der Waals surface area contributed by atoms with Crippen molar-refractivity contribution >= 4 is 49.8 Å². The molecular formula is C22H19ClN4O4S. The molecule has 1 aromatic heterocycles. The molecule has 164 valence electrons. The highest BCUT2D eigenvalue weighted by molar-refractivity contribution is 7.92. The molecule has 0 radical (unpaired) electrons. The van der Waals surface area contributed by atoms with Crippen molar-refractivity contribution in [2.45, 2.75) is 11.8 Å². The van der Waals surface area contributed by atoms with Gasteiger partial charge in [-0.3, -0.25) is 14.6 Å². The van der Waals surface area contributed by atoms with Gasteiger partial charge in [0.15, 0.2) is 0 Å². The number of carbonyl (C=O) groups is 1. The normalized spacial score (nSPS) is 11.3. The highest BCUT2D eigenvalue weighted by Crippen LogP contribution is 2.26. The number of fused-ring (bicyclic) bond motifs is 1. The Balaban J connectivity index is 1.56. The third-order valence-electron chi connectivity index (χ3n) is 4.60. The SMILES string of the molecule is CCOc1ccc(NS(=O)(=O)c2cc(C(=O)Nc3ccc4[nH]ncc4c3)ccc2Cl)cc1. The van der Waals surface area contributed by atoms with Crippen LogP contribution in [0.5, 0.6) is 5.75 Å². The first-order valence-electron chi connectivity index (χ1n) is 9.65. The van der Waals surface area contributed by atoms with Gasteiger partial charge in [-0.15, -0.1) is 0 Å². The maximum absolute atomic E-state index is 12.9. The third-order valence-corrected chi connectivity index (χ3v) is 6.46. The molecule has 1 heterocycles. The van der Waals surface area contributed by atoms with E-state index in [0.717, 1.165) is 10.9 Å². The van der Waals surface area contributed by atoms with E-state index in [9.17, 15) is 13.2 Å². The summed E-state index contributed by atoms with van der Waals surface area (Å²) in [5, 5.41) is 10.4. The zero-order chi connectivity index (χ0) is 22.7. The molecule has 8 nitrogen and oxygen atoms in total. The fourth-order valence-corrected chi connectivity index (χ4v) is 4.66. The van der Waals surface area contributed by atoms with E-state index in [-0.39, 0.29) is 15.5 Å². The molecule has 0 bridgehead atoms. The van der Waals surface area contributed by atoms with E-state index in [2.05, 4.69) is 20.2 Å². The molecule has 0 aliphatic heterocycles. The number of halogens is 1. The molecule has 0 saturated heterocycles. The van der Waals surface area contributed by atoms with Gasteiger partial charge < -0.3 is 10.1 Å². The minimum Gasteiger partial charge on any atom is -0.494 e. The Morgan fingerprint density at radius 2 is 1.81 bits per heavy atom. The largest absolute Gasteiger partial charge is 0.494 e. The van der Waals surface area contributed by atoms with Crippen molar-refractivity contribution in [1.29, 1.82) is 0 Å². The van der Waals surface area contributed by atoms with Gasteiger partial charge in [-0.1, -0.05) is 11.6 Å². The van der Waals surface area contributed by atoms with Gasteiger partial charge in [0.05, 0.1) is 23.3 Å². The molecule has 0 aliphatic carbocycles. The number of nitrogens with zero attached hydrogens (tertiary/aromatic N) is 1. The summed E-state index contributed by atoms with van der Waals surface area (Å²) in [5.74, 6) is 0.155. The van der Waals surface area contributed by atoms with E-state index in [4.69, 9.17) is 16.3 Å². The summed E-state index contributed by atoms with van der Waals surface area (Å²) < 4.78 is 33.7. The first kappa shape index (κ1) is 21.7. The van der Waals surface area contributed by atoms with Gasteiger partial charge in [-0.25, -0.2) is 8.42 Å². The fraction of sp³-hybridized carbons (Fsp3) is 0.0909. The lowest BCUT2D eigenvalue weighted by molar-refractivity contribution is 0.102. The molecular weight excluding hydrogens is 452 g/mol. The van der Waals surface area contributed by atoms with Crippen LogP contribution in [0.4, 0.5) is 11.4 Å². The molecule has 3 aromatic carbocycles. The van der Waals surface area contributed by atoms with Gasteiger partial charge in [0.25, 0.3) is 15.9 Å². The molecule has 4 rings (SSSR count). The van der Waals surface area contributed by atoms with Crippen molar-refractivity contribution in [1.82, 2.24) is 10.2 Å². The van der Waals surface area contributed by atoms with E-state index >= 15 is 0 Å². The Hall–Kier alpha value is -3.56. The van der Waals surface area contributed by atoms with E-state index in [1.807, 2.05) is 6.92 Å². The molecule has 0 atom stereocenters. The number of hydrogen-bond acceptors (Lipinski definition) is 5. The third kappa shape index (κ3) is 4.68. The van der Waals surface area contributed by atoms with Crippen molar-refractivity contribution in [2.75, 3.05) is 16.6 Å². The van der Waals surface area contributed by atoms with Crippen molar-refractivity contribution in [3.8, 4) is 5.75 Å². The molecule has 0 spiro atoms. The van der Waals surface area contributed by atoms with E-state index in [0.29, 0.717) is 23.7 Å². The number of sulfonamides is 1. The van der Waals surface area contributed by atoms with Crippen LogP contribution in [-0.4, -0.2) is 31.1 Å². The molecule has 32 heavy (non-hydrogen) atoms. The van der Waals surface area contributed by atoms with Crippen LogP contribution in [0.2, 0.25) is 5.02 Å². The summed E-state index contributed by atoms with van der Waals surface area (Å²) in [5.41, 5.74) is 1.88. The van der Waals surface area contributed by atoms with Crippen LogP contribution in [0.15, 0.2) is 71.8 Å². The van der Waals surface area contributed by atoms with Gasteiger partial charge in [0, 0.05) is 22.3 Å². The predicted octanol–water partition coefficient (Wildman–Crippen LogP) is 4.67. The number of carbonyl (C=O) groups excluding carboxylic acids is 1. The zero-order valence-electron chi connectivity index (χ0n) is 16.9. The number of benzene rings is 3. The van der Waals surface area contributed by atoms with Crippen LogP contribution in [0.3, 0.4) is 0 Å². The van der Waals surface area contributed by atoms with E-state index < -0.39 is 15.9 Å². The second-order valence-electron chi connectivity index (χ2n) is 6.83. The van der Waals surface area contributed by atoms with Crippen LogP contribution >= 0.6 is 11.6 Å². The molecule has 3 N–H and O–H groups in total. The highest BCUT2D eigenvalue weighted by Gasteiger charge is 2.21. The number of aromatic amines is 1. The maximum atomic E-state index is 12.9. The van der Waals surface area contributed by atoms with Gasteiger partial charge in [-0.05, 0) is 67.6 Å². The lowest BCUT2D eigenvalue weighted by Crippen LogP contribution is -2.16. The number of ether oxygens (including phenoxy) is 1. The molecule has 1 amide bonds. The number of anilines is 2. The minimum atomic E-state index is -4.03. The molecule has 10 heteroatoms. The summed E-state index contributed by atoms with van der Waals surface area (Å²) >= 11 is 6.15. The lowest BCUT2D eigenvalue weighted by Gasteiger charge is -2.12. The second kappa shape index (κ2) is 8.89. The lowest BCUT2D eigenvalue weighted by atomic mass is 10.2. The average molecular weight is 471 g/mol. The quantitative estimate of drug-likeness (QED) is 0.363. The Morgan fingerprint density at radius 1 is 1.06 bits per heavy atom. The number of rotatable bonds is 7. The predicted molar refractivity (Wildman–Crippen MR) is 124 cm³/mol. The molecule has 0 unspecified atom stereocenters.